The quantitative estimate of drug-likeness (QED) is 0.342. The fraction of sp³-hybridized carbons (Fsp3) is 0.429. The first-order valence-corrected chi connectivity index (χ1v) is 9.98. The lowest BCUT2D eigenvalue weighted by molar-refractivity contribution is 0.400. The summed E-state index contributed by atoms with van der Waals surface area (Å²) in [4.78, 5) is 13.2. The molecular weight excluding hydrogens is 499 g/mol. The van der Waals surface area contributed by atoms with Gasteiger partial charge >= 0.3 is 0 Å². The van der Waals surface area contributed by atoms with Crippen molar-refractivity contribution in [2.75, 3.05) is 39.1 Å². The van der Waals surface area contributed by atoms with Gasteiger partial charge < -0.3 is 20.4 Å². The van der Waals surface area contributed by atoms with E-state index >= 15 is 0 Å². The molecule has 0 bridgehead atoms. The lowest BCUT2D eigenvalue weighted by atomic mass is 10.1. The predicted molar refractivity (Wildman–Crippen MR) is 132 cm³/mol. The van der Waals surface area contributed by atoms with Crippen LogP contribution in [-0.4, -0.2) is 56.1 Å². The Kier molecular flexibility index (Phi) is 9.45. The van der Waals surface area contributed by atoms with Gasteiger partial charge in [0, 0.05) is 45.5 Å². The molecule has 8 heteroatoms. The van der Waals surface area contributed by atoms with Crippen LogP contribution in [0, 0.1) is 0 Å². The molecule has 1 aromatic heterocycles. The van der Waals surface area contributed by atoms with E-state index in [4.69, 9.17) is 11.6 Å². The lowest BCUT2D eigenvalue weighted by Crippen LogP contribution is -2.44. The van der Waals surface area contributed by atoms with Crippen molar-refractivity contribution in [3.05, 3.63) is 58.7 Å². The van der Waals surface area contributed by atoms with Crippen LogP contribution in [0.25, 0.3) is 0 Å². The molecule has 1 saturated heterocycles. The molecule has 0 radical (unpaired) electrons. The van der Waals surface area contributed by atoms with E-state index in [0.29, 0.717) is 11.1 Å². The second kappa shape index (κ2) is 11.6. The van der Waals surface area contributed by atoms with Crippen molar-refractivity contribution < 1.29 is 0 Å². The van der Waals surface area contributed by atoms with Gasteiger partial charge in [0.25, 0.3) is 0 Å². The Labute approximate surface area is 195 Å². The van der Waals surface area contributed by atoms with Crippen LogP contribution < -0.4 is 15.5 Å². The SMILES string of the molecule is CN=C(NCc1ccccc1CN(C)C)NC1CCN(c2ncccc2Cl)C1.I. The van der Waals surface area contributed by atoms with Crippen molar-refractivity contribution in [1.82, 2.24) is 20.5 Å². The zero-order chi connectivity index (χ0) is 19.9. The first kappa shape index (κ1) is 23.7. The number of nitrogens with zero attached hydrogens (tertiary/aromatic N) is 4. The van der Waals surface area contributed by atoms with E-state index in [-0.39, 0.29) is 24.0 Å². The summed E-state index contributed by atoms with van der Waals surface area (Å²) in [5.41, 5.74) is 2.61. The Morgan fingerprint density at radius 3 is 2.69 bits per heavy atom. The van der Waals surface area contributed by atoms with Gasteiger partial charge in [0.2, 0.25) is 0 Å². The number of aromatic nitrogens is 1. The normalized spacial score (nSPS) is 16.7. The number of guanidine groups is 1. The first-order chi connectivity index (χ1) is 13.6. The van der Waals surface area contributed by atoms with Crippen LogP contribution in [-0.2, 0) is 13.1 Å². The van der Waals surface area contributed by atoms with Crippen LogP contribution >= 0.6 is 35.6 Å². The highest BCUT2D eigenvalue weighted by Gasteiger charge is 2.25. The molecular formula is C21H30ClIN6. The lowest BCUT2D eigenvalue weighted by Gasteiger charge is -2.21. The van der Waals surface area contributed by atoms with Crippen molar-refractivity contribution in [1.29, 1.82) is 0 Å². The minimum atomic E-state index is 0. The summed E-state index contributed by atoms with van der Waals surface area (Å²) in [5.74, 6) is 1.67. The van der Waals surface area contributed by atoms with Gasteiger partial charge in [-0.3, -0.25) is 4.99 Å². The topological polar surface area (TPSA) is 55.8 Å². The molecule has 158 valence electrons. The van der Waals surface area contributed by atoms with Gasteiger partial charge in [-0.05, 0) is 43.8 Å². The summed E-state index contributed by atoms with van der Waals surface area (Å²) in [7, 11) is 5.98. The highest BCUT2D eigenvalue weighted by atomic mass is 127. The molecule has 1 aliphatic heterocycles. The highest BCUT2D eigenvalue weighted by molar-refractivity contribution is 14.0. The van der Waals surface area contributed by atoms with E-state index < -0.39 is 0 Å². The maximum absolute atomic E-state index is 6.29. The third-order valence-electron chi connectivity index (χ3n) is 4.84. The molecule has 2 aromatic rings. The van der Waals surface area contributed by atoms with Gasteiger partial charge in [0.05, 0.1) is 5.02 Å². The molecule has 1 aromatic carbocycles. The third-order valence-corrected chi connectivity index (χ3v) is 5.14. The van der Waals surface area contributed by atoms with Gasteiger partial charge in [0.1, 0.15) is 5.82 Å². The van der Waals surface area contributed by atoms with Crippen LogP contribution in [0.5, 0.6) is 0 Å². The largest absolute Gasteiger partial charge is 0.353 e. The molecule has 1 atom stereocenters. The molecule has 2 heterocycles. The van der Waals surface area contributed by atoms with E-state index in [2.05, 4.69) is 68.8 Å². The van der Waals surface area contributed by atoms with Crippen LogP contribution in [0.3, 0.4) is 0 Å². The minimum Gasteiger partial charge on any atom is -0.353 e. The summed E-state index contributed by atoms with van der Waals surface area (Å²) >= 11 is 6.29. The van der Waals surface area contributed by atoms with Crippen LogP contribution in [0.1, 0.15) is 17.5 Å². The molecule has 0 aliphatic carbocycles. The number of benzene rings is 1. The number of anilines is 1. The van der Waals surface area contributed by atoms with Crippen LogP contribution in [0.4, 0.5) is 5.82 Å². The van der Waals surface area contributed by atoms with E-state index in [1.807, 2.05) is 19.2 Å². The summed E-state index contributed by atoms with van der Waals surface area (Å²) in [6.07, 6.45) is 2.80. The summed E-state index contributed by atoms with van der Waals surface area (Å²) in [6, 6.07) is 12.6. The number of hydrogen-bond donors (Lipinski definition) is 2. The minimum absolute atomic E-state index is 0. The Morgan fingerprint density at radius 1 is 1.24 bits per heavy atom. The standard InChI is InChI=1S/C21H29ClN6.HI/c1-23-21(25-13-16-7-4-5-8-17(16)14-27(2)3)26-18-10-12-28(15-18)20-19(22)9-6-11-24-20;/h4-9,11,18H,10,12-15H2,1-3H3,(H2,23,25,26);1H. The van der Waals surface area contributed by atoms with Crippen molar-refractivity contribution in [2.45, 2.75) is 25.6 Å². The Balaban J connectivity index is 0.00000300. The summed E-state index contributed by atoms with van der Waals surface area (Å²) < 4.78 is 0. The molecule has 1 fully saturated rings. The zero-order valence-corrected chi connectivity index (χ0v) is 20.3. The molecule has 1 aliphatic rings. The molecule has 0 amide bonds. The Morgan fingerprint density at radius 2 is 2.00 bits per heavy atom. The number of aliphatic imine (C=N–C) groups is 1. The van der Waals surface area contributed by atoms with Gasteiger partial charge in [-0.25, -0.2) is 4.98 Å². The van der Waals surface area contributed by atoms with Gasteiger partial charge in [-0.15, -0.1) is 24.0 Å². The van der Waals surface area contributed by atoms with Crippen molar-refractivity contribution in [3.63, 3.8) is 0 Å². The number of nitrogens with one attached hydrogen (secondary N) is 2. The summed E-state index contributed by atoms with van der Waals surface area (Å²) in [5, 5.41) is 7.68. The van der Waals surface area contributed by atoms with E-state index in [1.165, 1.54) is 11.1 Å². The molecule has 0 spiro atoms. The first-order valence-electron chi connectivity index (χ1n) is 9.61. The molecule has 1 unspecified atom stereocenters. The smallest absolute Gasteiger partial charge is 0.191 e. The van der Waals surface area contributed by atoms with E-state index in [9.17, 15) is 0 Å². The molecule has 0 saturated carbocycles. The fourth-order valence-corrected chi connectivity index (χ4v) is 3.71. The van der Waals surface area contributed by atoms with Crippen molar-refractivity contribution in [2.24, 2.45) is 4.99 Å². The number of hydrogen-bond acceptors (Lipinski definition) is 4. The Bertz CT molecular complexity index is 813. The third kappa shape index (κ3) is 6.72. The number of pyridine rings is 1. The second-order valence-electron chi connectivity index (χ2n) is 7.32. The number of halogens is 2. The highest BCUT2D eigenvalue weighted by Crippen LogP contribution is 2.25. The summed E-state index contributed by atoms with van der Waals surface area (Å²) in [6.45, 7) is 3.45. The van der Waals surface area contributed by atoms with Gasteiger partial charge in [-0.2, -0.15) is 0 Å². The molecule has 2 N–H and O–H groups in total. The monoisotopic (exact) mass is 528 g/mol. The van der Waals surface area contributed by atoms with E-state index in [0.717, 1.165) is 44.4 Å². The zero-order valence-electron chi connectivity index (χ0n) is 17.2. The van der Waals surface area contributed by atoms with Crippen molar-refractivity contribution >= 4 is 47.4 Å². The van der Waals surface area contributed by atoms with Crippen LogP contribution in [0.15, 0.2) is 47.6 Å². The molecule has 6 nitrogen and oxygen atoms in total. The van der Waals surface area contributed by atoms with Gasteiger partial charge in [0.15, 0.2) is 5.96 Å². The van der Waals surface area contributed by atoms with Crippen LogP contribution in [0.2, 0.25) is 5.02 Å². The second-order valence-corrected chi connectivity index (χ2v) is 7.72. The Hall–Kier alpha value is -1.58. The molecule has 3 rings (SSSR count). The average molecular weight is 529 g/mol. The fourth-order valence-electron chi connectivity index (χ4n) is 3.47. The van der Waals surface area contributed by atoms with Crippen molar-refractivity contribution in [3.8, 4) is 0 Å². The van der Waals surface area contributed by atoms with E-state index in [1.54, 1.807) is 6.20 Å². The maximum atomic E-state index is 6.29. The average Bonchev–Trinajstić information content (AvgIpc) is 3.14. The molecule has 29 heavy (non-hydrogen) atoms. The maximum Gasteiger partial charge on any atom is 0.191 e. The van der Waals surface area contributed by atoms with Gasteiger partial charge in [-0.1, -0.05) is 35.9 Å². The number of rotatable bonds is 6. The predicted octanol–water partition coefficient (Wildman–Crippen LogP) is 3.36.